The van der Waals surface area contributed by atoms with E-state index in [-0.39, 0.29) is 0 Å². The van der Waals surface area contributed by atoms with Gasteiger partial charge in [-0.3, -0.25) is 0 Å². The van der Waals surface area contributed by atoms with Crippen molar-refractivity contribution < 1.29 is 8.94 Å². The monoisotopic (exact) mass is 207 g/mol. The largest absolute Gasteiger partial charge is 0.437 e. The summed E-state index contributed by atoms with van der Waals surface area (Å²) in [6.07, 6.45) is 2.39. The molecular weight excluding hydrogens is 194 g/mol. The minimum Gasteiger partial charge on any atom is -0.437 e. The lowest BCUT2D eigenvalue weighted by atomic mass is 10.1. The zero-order chi connectivity index (χ0) is 10.8. The molecule has 2 aromatic rings. The van der Waals surface area contributed by atoms with E-state index in [0.717, 1.165) is 17.7 Å². The Hall–Kier alpha value is -1.62. The molecule has 5 heteroatoms. The van der Waals surface area contributed by atoms with Gasteiger partial charge < -0.3 is 14.7 Å². The van der Waals surface area contributed by atoms with Crippen LogP contribution in [0.2, 0.25) is 0 Å². The third kappa shape index (κ3) is 1.78. The molecule has 0 aromatic carbocycles. The molecule has 0 unspecified atom stereocenters. The number of nitrogens with two attached hydrogens (primary N) is 1. The van der Waals surface area contributed by atoms with Crippen LogP contribution in [0.3, 0.4) is 0 Å². The Labute approximate surface area is 87.3 Å². The van der Waals surface area contributed by atoms with Gasteiger partial charge in [0, 0.05) is 12.5 Å². The maximum atomic E-state index is 5.49. The first kappa shape index (κ1) is 9.92. The Bertz CT molecular complexity index is 459. The fraction of sp³-hybridized carbons (Fsp3) is 0.400. The average molecular weight is 207 g/mol. The Balaban J connectivity index is 2.44. The van der Waals surface area contributed by atoms with Crippen LogP contribution in [0, 0.1) is 13.8 Å². The molecule has 0 amide bonds. The van der Waals surface area contributed by atoms with Gasteiger partial charge >= 0.3 is 0 Å². The molecule has 0 aliphatic heterocycles. The lowest BCUT2D eigenvalue weighted by Crippen LogP contribution is -2.02. The summed E-state index contributed by atoms with van der Waals surface area (Å²) in [4.78, 5) is 4.18. The Morgan fingerprint density at radius 1 is 1.33 bits per heavy atom. The number of aryl methyl sites for hydroxylation is 2. The van der Waals surface area contributed by atoms with Crippen LogP contribution in [0.1, 0.15) is 17.1 Å². The SMILES string of the molecule is Cc1nc(C)c(-c2oncc2CCN)o1. The van der Waals surface area contributed by atoms with Crippen molar-refractivity contribution in [3.63, 3.8) is 0 Å². The second-order valence-corrected chi connectivity index (χ2v) is 3.37. The van der Waals surface area contributed by atoms with Crippen molar-refractivity contribution in [3.8, 4) is 11.5 Å². The van der Waals surface area contributed by atoms with Crippen LogP contribution in [0.15, 0.2) is 15.1 Å². The average Bonchev–Trinajstić information content (AvgIpc) is 2.73. The van der Waals surface area contributed by atoms with Crippen LogP contribution in [0.5, 0.6) is 0 Å². The van der Waals surface area contributed by atoms with E-state index in [1.54, 1.807) is 13.1 Å². The van der Waals surface area contributed by atoms with Gasteiger partial charge in [0.2, 0.25) is 5.76 Å². The van der Waals surface area contributed by atoms with Gasteiger partial charge in [0.25, 0.3) is 0 Å². The molecule has 0 bridgehead atoms. The number of oxazole rings is 1. The number of hydrogen-bond acceptors (Lipinski definition) is 5. The van der Waals surface area contributed by atoms with Gasteiger partial charge in [0.1, 0.15) is 0 Å². The predicted octanol–water partition coefficient (Wildman–Crippen LogP) is 1.45. The van der Waals surface area contributed by atoms with Crippen molar-refractivity contribution >= 4 is 0 Å². The lowest BCUT2D eigenvalue weighted by Gasteiger charge is -1.95. The summed E-state index contributed by atoms with van der Waals surface area (Å²) in [6.45, 7) is 4.23. The molecule has 2 rings (SSSR count). The smallest absolute Gasteiger partial charge is 0.207 e. The van der Waals surface area contributed by atoms with E-state index in [4.69, 9.17) is 14.7 Å². The van der Waals surface area contributed by atoms with Crippen LogP contribution in [0.4, 0.5) is 0 Å². The van der Waals surface area contributed by atoms with E-state index in [1.165, 1.54) is 0 Å². The molecule has 0 fully saturated rings. The Kier molecular flexibility index (Phi) is 2.55. The molecule has 0 aliphatic rings. The first-order chi connectivity index (χ1) is 7.22. The summed E-state index contributed by atoms with van der Waals surface area (Å²) in [5.74, 6) is 1.91. The standard InChI is InChI=1S/C10H13N3O2/c1-6-9(14-7(2)13-6)10-8(3-4-11)5-12-15-10/h5H,3-4,11H2,1-2H3. The van der Waals surface area contributed by atoms with Crippen LogP contribution in [-0.4, -0.2) is 16.7 Å². The molecule has 5 nitrogen and oxygen atoms in total. The highest BCUT2D eigenvalue weighted by molar-refractivity contribution is 5.56. The number of aromatic nitrogens is 2. The van der Waals surface area contributed by atoms with Crippen molar-refractivity contribution in [2.45, 2.75) is 20.3 Å². The van der Waals surface area contributed by atoms with Gasteiger partial charge in [-0.25, -0.2) is 4.98 Å². The highest BCUT2D eigenvalue weighted by Crippen LogP contribution is 2.27. The number of rotatable bonds is 3. The molecule has 0 atom stereocenters. The minimum absolute atomic E-state index is 0.556. The van der Waals surface area contributed by atoms with Crippen molar-refractivity contribution in [2.24, 2.45) is 5.73 Å². The van der Waals surface area contributed by atoms with Gasteiger partial charge in [0.05, 0.1) is 11.9 Å². The topological polar surface area (TPSA) is 78.1 Å². The fourth-order valence-electron chi connectivity index (χ4n) is 1.52. The first-order valence-corrected chi connectivity index (χ1v) is 4.80. The first-order valence-electron chi connectivity index (χ1n) is 4.80. The van der Waals surface area contributed by atoms with Crippen molar-refractivity contribution in [3.05, 3.63) is 23.3 Å². The molecule has 0 aliphatic carbocycles. The molecule has 15 heavy (non-hydrogen) atoms. The fourth-order valence-corrected chi connectivity index (χ4v) is 1.52. The van der Waals surface area contributed by atoms with Crippen molar-refractivity contribution in [2.75, 3.05) is 6.54 Å². The van der Waals surface area contributed by atoms with Crippen LogP contribution in [0.25, 0.3) is 11.5 Å². The summed E-state index contributed by atoms with van der Waals surface area (Å²) >= 11 is 0. The van der Waals surface area contributed by atoms with E-state index >= 15 is 0 Å². The molecule has 0 saturated heterocycles. The highest BCUT2D eigenvalue weighted by atomic mass is 16.5. The Morgan fingerprint density at radius 2 is 2.13 bits per heavy atom. The molecule has 0 radical (unpaired) electrons. The minimum atomic E-state index is 0.556. The van der Waals surface area contributed by atoms with Crippen LogP contribution < -0.4 is 5.73 Å². The molecule has 2 aromatic heterocycles. The maximum Gasteiger partial charge on any atom is 0.207 e. The van der Waals surface area contributed by atoms with Gasteiger partial charge in [-0.2, -0.15) is 0 Å². The molecular formula is C10H13N3O2. The third-order valence-corrected chi connectivity index (χ3v) is 2.17. The van der Waals surface area contributed by atoms with Crippen LogP contribution in [-0.2, 0) is 6.42 Å². The molecule has 2 N–H and O–H groups in total. The van der Waals surface area contributed by atoms with Gasteiger partial charge in [-0.15, -0.1) is 0 Å². The van der Waals surface area contributed by atoms with Gasteiger partial charge in [-0.05, 0) is 19.9 Å². The van der Waals surface area contributed by atoms with E-state index in [2.05, 4.69) is 10.1 Å². The summed E-state index contributed by atoms with van der Waals surface area (Å²) in [5, 5.41) is 3.75. The van der Waals surface area contributed by atoms with Crippen molar-refractivity contribution in [1.29, 1.82) is 0 Å². The summed E-state index contributed by atoms with van der Waals surface area (Å²) in [5.41, 5.74) is 7.26. The van der Waals surface area contributed by atoms with Gasteiger partial charge in [-0.1, -0.05) is 5.16 Å². The molecule has 2 heterocycles. The summed E-state index contributed by atoms with van der Waals surface area (Å²) in [7, 11) is 0. The van der Waals surface area contributed by atoms with Crippen molar-refractivity contribution in [1.82, 2.24) is 10.1 Å². The van der Waals surface area contributed by atoms with E-state index in [1.807, 2.05) is 6.92 Å². The zero-order valence-electron chi connectivity index (χ0n) is 8.78. The Morgan fingerprint density at radius 3 is 2.73 bits per heavy atom. The summed E-state index contributed by atoms with van der Waals surface area (Å²) in [6, 6.07) is 0. The van der Waals surface area contributed by atoms with E-state index < -0.39 is 0 Å². The van der Waals surface area contributed by atoms with Gasteiger partial charge in [0.15, 0.2) is 11.7 Å². The highest BCUT2D eigenvalue weighted by Gasteiger charge is 2.17. The number of nitrogens with zero attached hydrogens (tertiary/aromatic N) is 2. The summed E-state index contributed by atoms with van der Waals surface area (Å²) < 4.78 is 10.6. The van der Waals surface area contributed by atoms with Crippen LogP contribution >= 0.6 is 0 Å². The zero-order valence-corrected chi connectivity index (χ0v) is 8.78. The third-order valence-electron chi connectivity index (χ3n) is 2.17. The maximum absolute atomic E-state index is 5.49. The molecule has 80 valence electrons. The lowest BCUT2D eigenvalue weighted by molar-refractivity contribution is 0.413. The second kappa shape index (κ2) is 3.86. The molecule has 0 spiro atoms. The van der Waals surface area contributed by atoms with E-state index in [9.17, 15) is 0 Å². The normalized spacial score (nSPS) is 10.9. The second-order valence-electron chi connectivity index (χ2n) is 3.37. The quantitative estimate of drug-likeness (QED) is 0.824. The number of hydrogen-bond donors (Lipinski definition) is 1. The van der Waals surface area contributed by atoms with E-state index in [0.29, 0.717) is 24.0 Å². The molecule has 0 saturated carbocycles. The predicted molar refractivity (Wildman–Crippen MR) is 54.2 cm³/mol.